The van der Waals surface area contributed by atoms with Crippen LogP contribution in [0.2, 0.25) is 0 Å². The molecule has 0 amide bonds. The van der Waals surface area contributed by atoms with Gasteiger partial charge in [-0.25, -0.2) is 4.98 Å². The number of hydrogen-bond acceptors (Lipinski definition) is 6. The highest BCUT2D eigenvalue weighted by Gasteiger charge is 2.06. The van der Waals surface area contributed by atoms with Crippen LogP contribution < -0.4 is 0 Å². The summed E-state index contributed by atoms with van der Waals surface area (Å²) in [7, 11) is 0. The van der Waals surface area contributed by atoms with Crippen molar-refractivity contribution in [2.24, 2.45) is 0 Å². The van der Waals surface area contributed by atoms with Crippen LogP contribution in [0.5, 0.6) is 0 Å². The maximum atomic E-state index is 9.56. The van der Waals surface area contributed by atoms with Gasteiger partial charge >= 0.3 is 0 Å². The zero-order valence-corrected chi connectivity index (χ0v) is 10.4. The first-order valence-electron chi connectivity index (χ1n) is 4.98. The van der Waals surface area contributed by atoms with E-state index in [9.17, 15) is 5.11 Å². The van der Waals surface area contributed by atoms with Crippen molar-refractivity contribution >= 4 is 23.3 Å². The van der Waals surface area contributed by atoms with Crippen LogP contribution in [0.25, 0.3) is 0 Å². The van der Waals surface area contributed by atoms with Crippen molar-refractivity contribution in [3.8, 4) is 0 Å². The summed E-state index contributed by atoms with van der Waals surface area (Å²) in [6.45, 7) is 3.26. The molecule has 0 aliphatic carbocycles. The zero-order chi connectivity index (χ0) is 10.9. The molecule has 1 unspecified atom stereocenters. The van der Waals surface area contributed by atoms with Gasteiger partial charge in [-0.15, -0.1) is 0 Å². The largest absolute Gasteiger partial charge is 0.390 e. The van der Waals surface area contributed by atoms with Gasteiger partial charge in [0.25, 0.3) is 0 Å². The van der Waals surface area contributed by atoms with Crippen molar-refractivity contribution in [1.82, 2.24) is 9.36 Å². The Morgan fingerprint density at radius 3 is 3.20 bits per heavy atom. The number of nitrogens with zero attached hydrogens (tertiary/aromatic N) is 2. The molecule has 15 heavy (non-hydrogen) atoms. The molecule has 0 aliphatic heterocycles. The molecule has 4 nitrogen and oxygen atoms in total. The maximum absolute atomic E-state index is 9.56. The minimum Gasteiger partial charge on any atom is -0.390 e. The van der Waals surface area contributed by atoms with E-state index in [-0.39, 0.29) is 0 Å². The quantitative estimate of drug-likeness (QED) is 0.561. The minimum absolute atomic E-state index is 0.409. The van der Waals surface area contributed by atoms with Crippen LogP contribution >= 0.6 is 23.3 Å². The summed E-state index contributed by atoms with van der Waals surface area (Å²) in [6.07, 6.45) is 3.28. The lowest BCUT2D eigenvalue weighted by Gasteiger charge is -2.09. The highest BCUT2D eigenvalue weighted by molar-refractivity contribution is 8.00. The lowest BCUT2D eigenvalue weighted by atomic mass is 10.3. The van der Waals surface area contributed by atoms with Gasteiger partial charge in [0.2, 0.25) is 0 Å². The van der Waals surface area contributed by atoms with Gasteiger partial charge in [-0.1, -0.05) is 25.1 Å². The second-order valence-corrected chi connectivity index (χ2v) is 5.15. The normalized spacial score (nSPS) is 12.9. The topological polar surface area (TPSA) is 55.2 Å². The third-order valence-electron chi connectivity index (χ3n) is 1.69. The minimum atomic E-state index is -0.421. The van der Waals surface area contributed by atoms with E-state index in [1.807, 2.05) is 0 Å². The Kier molecular flexibility index (Phi) is 6.91. The summed E-state index contributed by atoms with van der Waals surface area (Å²) in [5.41, 5.74) is 0. The molecule has 0 radical (unpaired) electrons. The lowest BCUT2D eigenvalue weighted by Crippen LogP contribution is -2.18. The Labute approximate surface area is 98.2 Å². The van der Waals surface area contributed by atoms with E-state index >= 15 is 0 Å². The molecule has 1 rings (SSSR count). The first kappa shape index (κ1) is 12.9. The second kappa shape index (κ2) is 8.04. The smallest absolute Gasteiger partial charge is 0.169 e. The van der Waals surface area contributed by atoms with E-state index in [0.29, 0.717) is 12.4 Å². The number of hydrogen-bond donors (Lipinski definition) is 1. The van der Waals surface area contributed by atoms with E-state index in [0.717, 1.165) is 23.8 Å². The van der Waals surface area contributed by atoms with Gasteiger partial charge in [0, 0.05) is 12.4 Å². The fourth-order valence-corrected chi connectivity index (χ4v) is 2.28. The molecular formula is C9H16N2O2S2. The highest BCUT2D eigenvalue weighted by Crippen LogP contribution is 2.18. The standard InChI is InChI=1S/C9H16N2O2S2/c1-2-3-4-13-5-8(12)6-14-9-10-7-11-15-9/h7-8,12H,2-6H2,1H3. The molecular weight excluding hydrogens is 232 g/mol. The molecule has 0 aromatic carbocycles. The fourth-order valence-electron chi connectivity index (χ4n) is 0.908. The van der Waals surface area contributed by atoms with Crippen molar-refractivity contribution in [2.45, 2.75) is 30.2 Å². The van der Waals surface area contributed by atoms with Crippen molar-refractivity contribution in [2.75, 3.05) is 19.0 Å². The van der Waals surface area contributed by atoms with Crippen LogP contribution in [0.1, 0.15) is 19.8 Å². The van der Waals surface area contributed by atoms with E-state index in [4.69, 9.17) is 4.74 Å². The molecule has 0 saturated carbocycles. The molecule has 1 N–H and O–H groups in total. The van der Waals surface area contributed by atoms with E-state index in [2.05, 4.69) is 16.3 Å². The number of unbranched alkanes of at least 4 members (excludes halogenated alkanes) is 1. The SMILES string of the molecule is CCCCOCC(O)CSc1ncns1. The van der Waals surface area contributed by atoms with Gasteiger partial charge in [0.05, 0.1) is 12.7 Å². The number of aliphatic hydroxyl groups excluding tert-OH is 1. The van der Waals surface area contributed by atoms with Crippen molar-refractivity contribution in [3.05, 3.63) is 6.33 Å². The van der Waals surface area contributed by atoms with Crippen molar-refractivity contribution in [1.29, 1.82) is 0 Å². The van der Waals surface area contributed by atoms with Crippen LogP contribution in [-0.2, 0) is 4.74 Å². The fraction of sp³-hybridized carbons (Fsp3) is 0.778. The van der Waals surface area contributed by atoms with Crippen LogP contribution in [-0.4, -0.2) is 39.5 Å². The number of aliphatic hydroxyl groups is 1. The van der Waals surface area contributed by atoms with Gasteiger partial charge in [-0.3, -0.25) is 0 Å². The molecule has 0 saturated heterocycles. The number of aromatic nitrogens is 2. The molecule has 0 aliphatic rings. The predicted octanol–water partition coefficient (Wildman–Crippen LogP) is 1.81. The summed E-state index contributed by atoms with van der Waals surface area (Å²) >= 11 is 2.86. The monoisotopic (exact) mass is 248 g/mol. The van der Waals surface area contributed by atoms with Gasteiger partial charge in [0.1, 0.15) is 6.33 Å². The van der Waals surface area contributed by atoms with Crippen LogP contribution in [0.15, 0.2) is 10.7 Å². The first-order chi connectivity index (χ1) is 7.33. The van der Waals surface area contributed by atoms with Gasteiger partial charge in [-0.05, 0) is 18.0 Å². The van der Waals surface area contributed by atoms with Gasteiger partial charge < -0.3 is 9.84 Å². The average molecular weight is 248 g/mol. The first-order valence-corrected chi connectivity index (χ1v) is 6.74. The molecule has 1 heterocycles. The molecule has 1 aromatic rings. The molecule has 0 fully saturated rings. The predicted molar refractivity (Wildman–Crippen MR) is 62.4 cm³/mol. The van der Waals surface area contributed by atoms with E-state index in [1.165, 1.54) is 29.6 Å². The molecule has 0 bridgehead atoms. The second-order valence-electron chi connectivity index (χ2n) is 3.10. The van der Waals surface area contributed by atoms with Crippen molar-refractivity contribution in [3.63, 3.8) is 0 Å². The third-order valence-corrected chi connectivity index (χ3v) is 3.63. The number of ether oxygens (including phenoxy) is 1. The summed E-state index contributed by atoms with van der Waals surface area (Å²) in [5.74, 6) is 0.612. The number of thioether (sulfide) groups is 1. The summed E-state index contributed by atoms with van der Waals surface area (Å²) in [4.78, 5) is 4.02. The number of rotatable bonds is 8. The Bertz CT molecular complexity index is 244. The molecule has 1 aromatic heterocycles. The Morgan fingerprint density at radius 1 is 1.67 bits per heavy atom. The molecule has 0 spiro atoms. The van der Waals surface area contributed by atoms with Crippen molar-refractivity contribution < 1.29 is 9.84 Å². The Morgan fingerprint density at radius 2 is 2.53 bits per heavy atom. The highest BCUT2D eigenvalue weighted by atomic mass is 32.2. The molecule has 1 atom stereocenters. The van der Waals surface area contributed by atoms with Crippen LogP contribution in [0.4, 0.5) is 0 Å². The van der Waals surface area contributed by atoms with Gasteiger partial charge in [-0.2, -0.15) is 4.37 Å². The van der Waals surface area contributed by atoms with Gasteiger partial charge in [0.15, 0.2) is 4.34 Å². The molecule has 86 valence electrons. The lowest BCUT2D eigenvalue weighted by molar-refractivity contribution is 0.0473. The third kappa shape index (κ3) is 6.09. The Balaban J connectivity index is 2.01. The molecule has 6 heteroatoms. The van der Waals surface area contributed by atoms with Crippen LogP contribution in [0.3, 0.4) is 0 Å². The summed E-state index contributed by atoms with van der Waals surface area (Å²) < 4.78 is 10.1. The maximum Gasteiger partial charge on any atom is 0.169 e. The van der Waals surface area contributed by atoms with E-state index < -0.39 is 6.10 Å². The Hall–Kier alpha value is -0.170. The van der Waals surface area contributed by atoms with Crippen LogP contribution in [0, 0.1) is 0 Å². The zero-order valence-electron chi connectivity index (χ0n) is 8.76. The average Bonchev–Trinajstić information content (AvgIpc) is 2.74. The summed E-state index contributed by atoms with van der Waals surface area (Å²) in [5, 5.41) is 9.56. The summed E-state index contributed by atoms with van der Waals surface area (Å²) in [6, 6.07) is 0. The van der Waals surface area contributed by atoms with E-state index in [1.54, 1.807) is 0 Å².